The molecule has 0 bridgehead atoms. The fourth-order valence-corrected chi connectivity index (χ4v) is 2.24. The average Bonchev–Trinajstić information content (AvgIpc) is 2.11. The Morgan fingerprint density at radius 2 is 1.92 bits per heavy atom. The molecular weight excluding hydrogens is 192 g/mol. The minimum Gasteiger partial charge on any atom is -0.247 e. The molecule has 0 aromatic carbocycles. The Morgan fingerprint density at radius 1 is 1.25 bits per heavy atom. The smallest absolute Gasteiger partial charge is 0.247 e. The van der Waals surface area contributed by atoms with Crippen LogP contribution in [0.2, 0.25) is 0 Å². The van der Waals surface area contributed by atoms with Gasteiger partial charge in [0.25, 0.3) is 0 Å². The van der Waals surface area contributed by atoms with E-state index in [0.717, 1.165) is 0 Å². The molecule has 0 saturated carbocycles. The van der Waals surface area contributed by atoms with Gasteiger partial charge in [-0.15, -0.1) is 0 Å². The second-order valence-corrected chi connectivity index (χ2v) is 4.08. The number of halogens is 4. The predicted octanol–water partition coefficient (Wildman–Crippen LogP) is 3.03. The molecule has 0 N–H and O–H groups in total. The Balaban J connectivity index is 2.52. The zero-order valence-corrected chi connectivity index (χ0v) is 7.22. The fourth-order valence-electron chi connectivity index (χ4n) is 1.23. The highest BCUT2D eigenvalue weighted by Gasteiger charge is 2.41. The highest BCUT2D eigenvalue weighted by molar-refractivity contribution is 7.99. The van der Waals surface area contributed by atoms with Crippen molar-refractivity contribution in [2.75, 3.05) is 11.5 Å². The zero-order chi connectivity index (χ0) is 9.19. The Bertz CT molecular complexity index is 145. The second kappa shape index (κ2) is 3.85. The third-order valence-electron chi connectivity index (χ3n) is 1.91. The van der Waals surface area contributed by atoms with Crippen LogP contribution in [0.1, 0.15) is 12.8 Å². The van der Waals surface area contributed by atoms with Crippen molar-refractivity contribution < 1.29 is 17.6 Å². The molecular formula is C7H10F4S. The van der Waals surface area contributed by atoms with Crippen molar-refractivity contribution in [1.82, 2.24) is 0 Å². The number of hydrogen-bond acceptors (Lipinski definition) is 1. The van der Waals surface area contributed by atoms with Crippen molar-refractivity contribution in [3.8, 4) is 0 Å². The van der Waals surface area contributed by atoms with Gasteiger partial charge in [0.15, 0.2) is 0 Å². The third kappa shape index (κ3) is 2.84. The summed E-state index contributed by atoms with van der Waals surface area (Å²) in [5.74, 6) is -0.792. The molecule has 0 amide bonds. The lowest BCUT2D eigenvalue weighted by Gasteiger charge is -2.18. The van der Waals surface area contributed by atoms with E-state index in [1.807, 2.05) is 0 Å². The summed E-state index contributed by atoms with van der Waals surface area (Å²) >= 11 is 1.27. The molecule has 0 aromatic heterocycles. The van der Waals surface area contributed by atoms with Crippen molar-refractivity contribution in [1.29, 1.82) is 0 Å². The zero-order valence-electron chi connectivity index (χ0n) is 6.40. The van der Waals surface area contributed by atoms with Gasteiger partial charge in [0.1, 0.15) is 6.17 Å². The first kappa shape index (κ1) is 10.2. The topological polar surface area (TPSA) is 0 Å². The van der Waals surface area contributed by atoms with Crippen LogP contribution in [0.25, 0.3) is 0 Å². The van der Waals surface area contributed by atoms with Gasteiger partial charge in [-0.2, -0.15) is 24.9 Å². The number of thioether (sulfide) groups is 1. The van der Waals surface area contributed by atoms with Gasteiger partial charge in [0, 0.05) is 5.75 Å². The van der Waals surface area contributed by atoms with Gasteiger partial charge < -0.3 is 0 Å². The average molecular weight is 202 g/mol. The summed E-state index contributed by atoms with van der Waals surface area (Å²) in [6.07, 6.45) is -5.79. The first-order chi connectivity index (χ1) is 5.50. The Labute approximate surface area is 72.7 Å². The van der Waals surface area contributed by atoms with E-state index >= 15 is 0 Å². The van der Waals surface area contributed by atoms with E-state index in [9.17, 15) is 17.6 Å². The van der Waals surface area contributed by atoms with E-state index in [4.69, 9.17) is 0 Å². The van der Waals surface area contributed by atoms with Crippen LogP contribution in [0, 0.1) is 5.92 Å². The molecule has 1 aliphatic rings. The van der Waals surface area contributed by atoms with Gasteiger partial charge in [-0.1, -0.05) is 0 Å². The molecule has 12 heavy (non-hydrogen) atoms. The molecule has 1 saturated heterocycles. The van der Waals surface area contributed by atoms with Gasteiger partial charge in [-0.05, 0) is 18.6 Å². The number of alkyl halides is 4. The van der Waals surface area contributed by atoms with E-state index in [-0.39, 0.29) is 18.6 Å². The van der Waals surface area contributed by atoms with Gasteiger partial charge in [-0.25, -0.2) is 4.39 Å². The van der Waals surface area contributed by atoms with Crippen molar-refractivity contribution in [2.24, 2.45) is 5.92 Å². The molecule has 0 aromatic rings. The van der Waals surface area contributed by atoms with Crippen LogP contribution in [-0.2, 0) is 0 Å². The molecule has 2 unspecified atom stereocenters. The van der Waals surface area contributed by atoms with Crippen LogP contribution in [0.4, 0.5) is 17.6 Å². The van der Waals surface area contributed by atoms with E-state index in [1.54, 1.807) is 0 Å². The standard InChI is InChI=1S/C7H10F4S/c8-6-3-5(7(9,10)11)1-2-12-4-6/h5-6H,1-4H2. The van der Waals surface area contributed by atoms with Gasteiger partial charge >= 0.3 is 6.18 Å². The van der Waals surface area contributed by atoms with Crippen LogP contribution in [-0.4, -0.2) is 23.9 Å². The lowest BCUT2D eigenvalue weighted by Crippen LogP contribution is -2.25. The highest BCUT2D eigenvalue weighted by atomic mass is 32.2. The van der Waals surface area contributed by atoms with Crippen LogP contribution in [0.15, 0.2) is 0 Å². The minimum atomic E-state index is -4.21. The van der Waals surface area contributed by atoms with E-state index < -0.39 is 18.3 Å². The maximum absolute atomic E-state index is 12.7. The molecule has 72 valence electrons. The van der Waals surface area contributed by atoms with Crippen LogP contribution < -0.4 is 0 Å². The normalized spacial score (nSPS) is 33.0. The highest BCUT2D eigenvalue weighted by Crippen LogP contribution is 2.36. The quantitative estimate of drug-likeness (QED) is 0.544. The number of hydrogen-bond donors (Lipinski definition) is 0. The summed E-state index contributed by atoms with van der Waals surface area (Å²) in [6.45, 7) is 0. The molecule has 0 nitrogen and oxygen atoms in total. The molecule has 1 rings (SSSR count). The minimum absolute atomic E-state index is 0.0641. The second-order valence-electron chi connectivity index (χ2n) is 2.94. The summed E-state index contributed by atoms with van der Waals surface area (Å²) in [5, 5.41) is 0. The van der Waals surface area contributed by atoms with Gasteiger partial charge in [-0.3, -0.25) is 0 Å². The van der Waals surface area contributed by atoms with Crippen molar-refractivity contribution in [3.63, 3.8) is 0 Å². The first-order valence-corrected chi connectivity index (χ1v) is 4.94. The molecule has 1 fully saturated rings. The predicted molar refractivity (Wildman–Crippen MR) is 41.0 cm³/mol. The number of rotatable bonds is 0. The molecule has 1 aliphatic heterocycles. The van der Waals surface area contributed by atoms with E-state index in [2.05, 4.69) is 0 Å². The maximum Gasteiger partial charge on any atom is 0.391 e. The molecule has 0 aliphatic carbocycles. The Hall–Kier alpha value is 0.0700. The molecule has 2 atom stereocenters. The molecule has 5 heteroatoms. The Kier molecular flexibility index (Phi) is 3.26. The monoisotopic (exact) mass is 202 g/mol. The first-order valence-electron chi connectivity index (χ1n) is 3.78. The maximum atomic E-state index is 12.7. The van der Waals surface area contributed by atoms with Crippen molar-refractivity contribution in [3.05, 3.63) is 0 Å². The summed E-state index contributed by atoms with van der Waals surface area (Å²) in [7, 11) is 0. The molecule has 0 radical (unpaired) electrons. The van der Waals surface area contributed by atoms with Crippen LogP contribution in [0.5, 0.6) is 0 Å². The SMILES string of the molecule is FC1CSCCC(C(F)(F)F)C1. The van der Waals surface area contributed by atoms with E-state index in [1.165, 1.54) is 11.8 Å². The van der Waals surface area contributed by atoms with Crippen molar-refractivity contribution in [2.45, 2.75) is 25.2 Å². The molecule has 0 spiro atoms. The summed E-state index contributed by atoms with van der Waals surface area (Å²) in [4.78, 5) is 0. The molecule has 1 heterocycles. The van der Waals surface area contributed by atoms with Crippen LogP contribution >= 0.6 is 11.8 Å². The van der Waals surface area contributed by atoms with Crippen molar-refractivity contribution >= 4 is 11.8 Å². The van der Waals surface area contributed by atoms with Gasteiger partial charge in [0.05, 0.1) is 5.92 Å². The van der Waals surface area contributed by atoms with Crippen LogP contribution in [0.3, 0.4) is 0 Å². The summed E-state index contributed by atoms with van der Waals surface area (Å²) < 4.78 is 49.1. The fraction of sp³-hybridized carbons (Fsp3) is 1.00. The van der Waals surface area contributed by atoms with E-state index in [0.29, 0.717) is 5.75 Å². The summed E-state index contributed by atoms with van der Waals surface area (Å²) in [6, 6.07) is 0. The largest absolute Gasteiger partial charge is 0.391 e. The Morgan fingerprint density at radius 3 is 2.50 bits per heavy atom. The third-order valence-corrected chi connectivity index (χ3v) is 3.03. The lowest BCUT2D eigenvalue weighted by molar-refractivity contribution is -0.179. The lowest BCUT2D eigenvalue weighted by atomic mass is 10.00. The van der Waals surface area contributed by atoms with Gasteiger partial charge in [0.2, 0.25) is 0 Å². The summed E-state index contributed by atoms with van der Waals surface area (Å²) in [5.41, 5.74) is 0.